The zero-order valence-electron chi connectivity index (χ0n) is 11.3. The second kappa shape index (κ2) is 6.78. The molecule has 1 aliphatic rings. The molecule has 0 heterocycles. The molecule has 0 aliphatic heterocycles. The van der Waals surface area contributed by atoms with Crippen molar-refractivity contribution in [1.82, 2.24) is 0 Å². The van der Waals surface area contributed by atoms with E-state index in [0.29, 0.717) is 11.9 Å². The predicted octanol–water partition coefficient (Wildman–Crippen LogP) is 4.69. The third-order valence-corrected chi connectivity index (χ3v) is 4.66. The van der Waals surface area contributed by atoms with Gasteiger partial charge >= 0.3 is 0 Å². The summed E-state index contributed by atoms with van der Waals surface area (Å²) in [4.78, 5) is 1.30. The van der Waals surface area contributed by atoms with Gasteiger partial charge in [0.25, 0.3) is 0 Å². The fourth-order valence-corrected chi connectivity index (χ4v) is 3.48. The molecular formula is C18H18OS. The van der Waals surface area contributed by atoms with Gasteiger partial charge in [0, 0.05) is 4.90 Å². The van der Waals surface area contributed by atoms with Crippen molar-refractivity contribution in [2.45, 2.75) is 29.3 Å². The van der Waals surface area contributed by atoms with Gasteiger partial charge in [-0.3, -0.25) is 0 Å². The summed E-state index contributed by atoms with van der Waals surface area (Å²) in [6.07, 6.45) is 5.79. The first-order valence-corrected chi connectivity index (χ1v) is 7.84. The van der Waals surface area contributed by atoms with Crippen molar-refractivity contribution < 1.29 is 4.74 Å². The molecule has 0 saturated carbocycles. The standard InChI is InChI=1S/C18H18OS/c1-3-8-15(9-4-1)14-19-17-12-7-13-18(17)20-16-10-5-2-6-11-16/h1-11,13,17-18H,12,14H2/t17-,18-/m0/s1. The summed E-state index contributed by atoms with van der Waals surface area (Å²) in [6, 6.07) is 20.9. The molecule has 0 radical (unpaired) electrons. The van der Waals surface area contributed by atoms with E-state index in [-0.39, 0.29) is 6.10 Å². The molecule has 102 valence electrons. The van der Waals surface area contributed by atoms with Crippen LogP contribution in [-0.4, -0.2) is 11.4 Å². The van der Waals surface area contributed by atoms with Crippen molar-refractivity contribution in [3.63, 3.8) is 0 Å². The zero-order valence-corrected chi connectivity index (χ0v) is 12.1. The van der Waals surface area contributed by atoms with E-state index in [0.717, 1.165) is 6.42 Å². The Morgan fingerprint density at radius 3 is 2.40 bits per heavy atom. The molecule has 1 nitrogen and oxygen atoms in total. The van der Waals surface area contributed by atoms with Gasteiger partial charge in [-0.15, -0.1) is 11.8 Å². The van der Waals surface area contributed by atoms with Gasteiger partial charge in [0.2, 0.25) is 0 Å². The van der Waals surface area contributed by atoms with Crippen LogP contribution in [0.1, 0.15) is 12.0 Å². The Hall–Kier alpha value is -1.51. The number of hydrogen-bond acceptors (Lipinski definition) is 2. The lowest BCUT2D eigenvalue weighted by molar-refractivity contribution is 0.0527. The molecule has 0 unspecified atom stereocenters. The van der Waals surface area contributed by atoms with E-state index < -0.39 is 0 Å². The molecule has 1 aliphatic carbocycles. The smallest absolute Gasteiger partial charge is 0.0771 e. The molecule has 0 bridgehead atoms. The molecule has 2 heteroatoms. The Bertz CT molecular complexity index is 550. The Labute approximate surface area is 124 Å². The maximum absolute atomic E-state index is 6.09. The third kappa shape index (κ3) is 3.53. The zero-order chi connectivity index (χ0) is 13.6. The van der Waals surface area contributed by atoms with Gasteiger partial charge in [-0.2, -0.15) is 0 Å². The summed E-state index contributed by atoms with van der Waals surface area (Å²) < 4.78 is 6.09. The molecule has 0 spiro atoms. The van der Waals surface area contributed by atoms with Crippen LogP contribution in [0.25, 0.3) is 0 Å². The summed E-state index contributed by atoms with van der Waals surface area (Å²) in [6.45, 7) is 0.693. The lowest BCUT2D eigenvalue weighted by atomic mass is 10.2. The Kier molecular flexibility index (Phi) is 4.57. The van der Waals surface area contributed by atoms with Gasteiger partial charge in [0.15, 0.2) is 0 Å². The van der Waals surface area contributed by atoms with Crippen molar-refractivity contribution in [2.75, 3.05) is 0 Å². The summed E-state index contributed by atoms with van der Waals surface area (Å²) in [5.74, 6) is 0. The van der Waals surface area contributed by atoms with Crippen LogP contribution in [-0.2, 0) is 11.3 Å². The van der Waals surface area contributed by atoms with E-state index in [1.54, 1.807) is 0 Å². The van der Waals surface area contributed by atoms with Crippen molar-refractivity contribution in [1.29, 1.82) is 0 Å². The Morgan fingerprint density at radius 2 is 1.65 bits per heavy atom. The highest BCUT2D eigenvalue weighted by Gasteiger charge is 2.24. The normalized spacial score (nSPS) is 21.2. The summed E-state index contributed by atoms with van der Waals surface area (Å²) in [7, 11) is 0. The second-order valence-electron chi connectivity index (χ2n) is 4.89. The lowest BCUT2D eigenvalue weighted by Crippen LogP contribution is -2.20. The van der Waals surface area contributed by atoms with Crippen LogP contribution in [0, 0.1) is 0 Å². The van der Waals surface area contributed by atoms with Gasteiger partial charge in [-0.1, -0.05) is 60.7 Å². The van der Waals surface area contributed by atoms with E-state index in [9.17, 15) is 0 Å². The highest BCUT2D eigenvalue weighted by molar-refractivity contribution is 8.00. The maximum atomic E-state index is 6.09. The largest absolute Gasteiger partial charge is 0.372 e. The predicted molar refractivity (Wildman–Crippen MR) is 84.9 cm³/mol. The molecule has 0 amide bonds. The average molecular weight is 282 g/mol. The van der Waals surface area contributed by atoms with Crippen LogP contribution in [0.4, 0.5) is 0 Å². The van der Waals surface area contributed by atoms with Crippen LogP contribution in [0.2, 0.25) is 0 Å². The molecule has 2 aromatic rings. The van der Waals surface area contributed by atoms with Crippen LogP contribution in [0.5, 0.6) is 0 Å². The molecule has 0 fully saturated rings. The summed E-state index contributed by atoms with van der Waals surface area (Å²) >= 11 is 1.88. The van der Waals surface area contributed by atoms with Gasteiger partial charge in [-0.25, -0.2) is 0 Å². The van der Waals surface area contributed by atoms with E-state index in [4.69, 9.17) is 4.74 Å². The highest BCUT2D eigenvalue weighted by Crippen LogP contribution is 2.32. The van der Waals surface area contributed by atoms with E-state index in [2.05, 4.69) is 66.7 Å². The minimum Gasteiger partial charge on any atom is -0.372 e. The third-order valence-electron chi connectivity index (χ3n) is 3.38. The van der Waals surface area contributed by atoms with E-state index in [1.165, 1.54) is 10.5 Å². The highest BCUT2D eigenvalue weighted by atomic mass is 32.2. The van der Waals surface area contributed by atoms with Crippen molar-refractivity contribution in [3.8, 4) is 0 Å². The quantitative estimate of drug-likeness (QED) is 0.736. The summed E-state index contributed by atoms with van der Waals surface area (Å²) in [5.41, 5.74) is 1.24. The first kappa shape index (κ1) is 13.5. The minimum absolute atomic E-state index is 0.278. The fraction of sp³-hybridized carbons (Fsp3) is 0.222. The molecule has 2 aromatic carbocycles. The van der Waals surface area contributed by atoms with Crippen molar-refractivity contribution in [3.05, 3.63) is 78.4 Å². The number of thioether (sulfide) groups is 1. The number of benzene rings is 2. The van der Waals surface area contributed by atoms with E-state index >= 15 is 0 Å². The van der Waals surface area contributed by atoms with Gasteiger partial charge in [-0.05, 0) is 24.1 Å². The maximum Gasteiger partial charge on any atom is 0.0771 e. The Morgan fingerprint density at radius 1 is 0.950 bits per heavy atom. The minimum atomic E-state index is 0.278. The fourth-order valence-electron chi connectivity index (χ4n) is 2.32. The van der Waals surface area contributed by atoms with Gasteiger partial charge in [0.05, 0.1) is 18.0 Å². The summed E-state index contributed by atoms with van der Waals surface area (Å²) in [5, 5.41) is 0.418. The number of ether oxygens (including phenoxy) is 1. The molecular weight excluding hydrogens is 264 g/mol. The van der Waals surface area contributed by atoms with Gasteiger partial charge < -0.3 is 4.74 Å². The van der Waals surface area contributed by atoms with Crippen LogP contribution in [0.3, 0.4) is 0 Å². The topological polar surface area (TPSA) is 9.23 Å². The molecule has 0 N–H and O–H groups in total. The van der Waals surface area contributed by atoms with Crippen molar-refractivity contribution in [2.24, 2.45) is 0 Å². The first-order chi connectivity index (χ1) is 9.92. The van der Waals surface area contributed by atoms with Crippen LogP contribution in [0.15, 0.2) is 77.7 Å². The van der Waals surface area contributed by atoms with E-state index in [1.807, 2.05) is 17.8 Å². The second-order valence-corrected chi connectivity index (χ2v) is 6.15. The number of rotatable bonds is 5. The van der Waals surface area contributed by atoms with Crippen molar-refractivity contribution >= 4 is 11.8 Å². The molecule has 20 heavy (non-hydrogen) atoms. The number of hydrogen-bond donors (Lipinski definition) is 0. The molecule has 3 rings (SSSR count). The Balaban J connectivity index is 1.57. The molecule has 0 saturated heterocycles. The van der Waals surface area contributed by atoms with Gasteiger partial charge in [0.1, 0.15) is 0 Å². The average Bonchev–Trinajstić information content (AvgIpc) is 2.94. The van der Waals surface area contributed by atoms with Crippen LogP contribution >= 0.6 is 11.8 Å². The monoisotopic (exact) mass is 282 g/mol. The van der Waals surface area contributed by atoms with Crippen LogP contribution < -0.4 is 0 Å². The molecule has 2 atom stereocenters. The molecule has 0 aromatic heterocycles. The first-order valence-electron chi connectivity index (χ1n) is 6.96. The SMILES string of the molecule is C1=C[C@H](Sc2ccccc2)[C@@H](OCc2ccccc2)C1. The lowest BCUT2D eigenvalue weighted by Gasteiger charge is -2.19.